The van der Waals surface area contributed by atoms with Gasteiger partial charge in [-0.2, -0.15) is 5.10 Å². The first-order chi connectivity index (χ1) is 8.59. The summed E-state index contributed by atoms with van der Waals surface area (Å²) in [5.74, 6) is -0.206. The molecule has 1 saturated heterocycles. The minimum Gasteiger partial charge on any atom is -0.304 e. The lowest BCUT2D eigenvalue weighted by molar-refractivity contribution is -0.140. The standard InChI is InChI=1S/C12H18N4O2/c1-9(2)16-11(17)8-10(12(16)18)13-5-7-15-6-3-4-14-15/h3-4,6,9-10,13H,5,7-8H2,1-2H3. The van der Waals surface area contributed by atoms with Gasteiger partial charge < -0.3 is 5.32 Å². The molecule has 2 rings (SSSR count). The molecule has 18 heavy (non-hydrogen) atoms. The maximum Gasteiger partial charge on any atom is 0.247 e. The maximum atomic E-state index is 12.0. The number of aromatic nitrogens is 2. The fourth-order valence-electron chi connectivity index (χ4n) is 2.14. The summed E-state index contributed by atoms with van der Waals surface area (Å²) < 4.78 is 1.79. The molecule has 0 saturated carbocycles. The molecular formula is C12H18N4O2. The largest absolute Gasteiger partial charge is 0.304 e. The van der Waals surface area contributed by atoms with Crippen LogP contribution in [0, 0.1) is 0 Å². The van der Waals surface area contributed by atoms with Crippen molar-refractivity contribution < 1.29 is 9.59 Å². The fourth-order valence-corrected chi connectivity index (χ4v) is 2.14. The molecule has 1 unspecified atom stereocenters. The first-order valence-corrected chi connectivity index (χ1v) is 6.16. The molecule has 98 valence electrons. The van der Waals surface area contributed by atoms with Gasteiger partial charge in [0.05, 0.1) is 19.0 Å². The van der Waals surface area contributed by atoms with Gasteiger partial charge in [-0.05, 0) is 19.9 Å². The smallest absolute Gasteiger partial charge is 0.247 e. The Morgan fingerprint density at radius 1 is 1.50 bits per heavy atom. The van der Waals surface area contributed by atoms with E-state index >= 15 is 0 Å². The quantitative estimate of drug-likeness (QED) is 0.747. The van der Waals surface area contributed by atoms with Crippen molar-refractivity contribution in [3.63, 3.8) is 0 Å². The Kier molecular flexibility index (Phi) is 3.76. The minimum atomic E-state index is -0.379. The van der Waals surface area contributed by atoms with Crippen molar-refractivity contribution in [2.75, 3.05) is 6.54 Å². The third kappa shape index (κ3) is 2.59. The lowest BCUT2D eigenvalue weighted by Gasteiger charge is -2.19. The number of amides is 2. The van der Waals surface area contributed by atoms with Gasteiger partial charge in [0, 0.05) is 25.0 Å². The molecule has 6 heteroatoms. The molecule has 0 aliphatic carbocycles. The molecule has 1 aromatic rings. The predicted octanol–water partition coefficient (Wildman–Crippen LogP) is 0.00860. The van der Waals surface area contributed by atoms with Gasteiger partial charge in [-0.1, -0.05) is 0 Å². The number of hydrogen-bond donors (Lipinski definition) is 1. The summed E-state index contributed by atoms with van der Waals surface area (Å²) >= 11 is 0. The molecule has 0 spiro atoms. The van der Waals surface area contributed by atoms with Gasteiger partial charge in [0.15, 0.2) is 0 Å². The molecule has 0 radical (unpaired) electrons. The van der Waals surface area contributed by atoms with Crippen molar-refractivity contribution in [1.29, 1.82) is 0 Å². The Morgan fingerprint density at radius 3 is 2.83 bits per heavy atom. The molecule has 1 N–H and O–H groups in total. The topological polar surface area (TPSA) is 67.2 Å². The van der Waals surface area contributed by atoms with Crippen molar-refractivity contribution in [2.24, 2.45) is 0 Å². The summed E-state index contributed by atoms with van der Waals surface area (Å²) in [6.07, 6.45) is 3.84. The first kappa shape index (κ1) is 12.8. The SMILES string of the molecule is CC(C)N1C(=O)CC(NCCn2cccn2)C1=O. The zero-order valence-electron chi connectivity index (χ0n) is 10.7. The van der Waals surface area contributed by atoms with Crippen LogP contribution in [0.2, 0.25) is 0 Å². The highest BCUT2D eigenvalue weighted by molar-refractivity contribution is 6.05. The molecule has 0 aromatic carbocycles. The molecule has 1 atom stereocenters. The monoisotopic (exact) mass is 250 g/mol. The zero-order valence-corrected chi connectivity index (χ0v) is 10.7. The minimum absolute atomic E-state index is 0.0667. The van der Waals surface area contributed by atoms with Gasteiger partial charge in [0.1, 0.15) is 0 Å². The number of carbonyl (C=O) groups is 2. The summed E-state index contributed by atoms with van der Waals surface area (Å²) in [6, 6.07) is 1.41. The van der Waals surface area contributed by atoms with E-state index < -0.39 is 0 Å². The van der Waals surface area contributed by atoms with Crippen LogP contribution in [0.1, 0.15) is 20.3 Å². The van der Waals surface area contributed by atoms with E-state index in [0.29, 0.717) is 13.1 Å². The lowest BCUT2D eigenvalue weighted by atomic mass is 10.2. The van der Waals surface area contributed by atoms with Gasteiger partial charge in [-0.3, -0.25) is 19.2 Å². The third-order valence-electron chi connectivity index (χ3n) is 2.99. The molecule has 2 heterocycles. The molecule has 1 aliphatic rings. The van der Waals surface area contributed by atoms with Crippen LogP contribution >= 0.6 is 0 Å². The number of nitrogens with zero attached hydrogens (tertiary/aromatic N) is 3. The Bertz CT molecular complexity index is 427. The summed E-state index contributed by atoms with van der Waals surface area (Å²) in [7, 11) is 0. The summed E-state index contributed by atoms with van der Waals surface area (Å²) in [6.45, 7) is 5.01. The zero-order chi connectivity index (χ0) is 13.1. The van der Waals surface area contributed by atoms with Gasteiger partial charge in [-0.15, -0.1) is 0 Å². The Labute approximate surface area is 106 Å². The highest BCUT2D eigenvalue weighted by Crippen LogP contribution is 2.15. The van der Waals surface area contributed by atoms with Crippen LogP contribution < -0.4 is 5.32 Å². The number of imide groups is 1. The summed E-state index contributed by atoms with van der Waals surface area (Å²) in [5, 5.41) is 7.18. The van der Waals surface area contributed by atoms with Crippen molar-refractivity contribution in [1.82, 2.24) is 20.0 Å². The predicted molar refractivity (Wildman–Crippen MR) is 65.6 cm³/mol. The molecule has 2 amide bonds. The number of rotatable bonds is 5. The van der Waals surface area contributed by atoms with Crippen molar-refractivity contribution >= 4 is 11.8 Å². The molecule has 0 bridgehead atoms. The van der Waals surface area contributed by atoms with Crippen molar-refractivity contribution in [3.8, 4) is 0 Å². The van der Waals surface area contributed by atoms with Crippen molar-refractivity contribution in [3.05, 3.63) is 18.5 Å². The van der Waals surface area contributed by atoms with Gasteiger partial charge in [-0.25, -0.2) is 0 Å². The molecule has 1 fully saturated rings. The van der Waals surface area contributed by atoms with Crippen LogP contribution in [0.5, 0.6) is 0 Å². The first-order valence-electron chi connectivity index (χ1n) is 6.16. The van der Waals surface area contributed by atoms with E-state index in [1.54, 1.807) is 10.9 Å². The average molecular weight is 250 g/mol. The summed E-state index contributed by atoms with van der Waals surface area (Å²) in [4.78, 5) is 25.0. The Hall–Kier alpha value is -1.69. The van der Waals surface area contributed by atoms with Crippen LogP contribution in [0.15, 0.2) is 18.5 Å². The fraction of sp³-hybridized carbons (Fsp3) is 0.583. The number of hydrogen-bond acceptors (Lipinski definition) is 4. The molecule has 6 nitrogen and oxygen atoms in total. The van der Waals surface area contributed by atoms with Crippen LogP contribution in [-0.4, -0.2) is 45.1 Å². The number of nitrogens with one attached hydrogen (secondary N) is 1. The molecular weight excluding hydrogens is 232 g/mol. The van der Waals surface area contributed by atoms with Crippen molar-refractivity contribution in [2.45, 2.75) is 38.9 Å². The number of likely N-dealkylation sites (tertiary alicyclic amines) is 1. The van der Waals surface area contributed by atoms with Gasteiger partial charge in [0.2, 0.25) is 11.8 Å². The van der Waals surface area contributed by atoms with Gasteiger partial charge in [0.25, 0.3) is 0 Å². The second-order valence-electron chi connectivity index (χ2n) is 4.68. The highest BCUT2D eigenvalue weighted by atomic mass is 16.2. The van der Waals surface area contributed by atoms with E-state index in [-0.39, 0.29) is 30.3 Å². The average Bonchev–Trinajstić information content (AvgIpc) is 2.88. The van der Waals surface area contributed by atoms with Gasteiger partial charge >= 0.3 is 0 Å². The molecule has 1 aliphatic heterocycles. The summed E-state index contributed by atoms with van der Waals surface area (Å²) in [5.41, 5.74) is 0. The van der Waals surface area contributed by atoms with E-state index in [4.69, 9.17) is 0 Å². The van der Waals surface area contributed by atoms with E-state index in [0.717, 1.165) is 0 Å². The Balaban J connectivity index is 1.84. The normalized spacial score (nSPS) is 20.2. The Morgan fingerprint density at radius 2 is 2.28 bits per heavy atom. The molecule has 1 aromatic heterocycles. The van der Waals surface area contributed by atoms with Crippen LogP contribution in [0.3, 0.4) is 0 Å². The van der Waals surface area contributed by atoms with E-state index in [1.165, 1.54) is 4.90 Å². The second-order valence-corrected chi connectivity index (χ2v) is 4.68. The lowest BCUT2D eigenvalue weighted by Crippen LogP contribution is -2.42. The highest BCUT2D eigenvalue weighted by Gasteiger charge is 2.39. The van der Waals surface area contributed by atoms with E-state index in [9.17, 15) is 9.59 Å². The third-order valence-corrected chi connectivity index (χ3v) is 2.99. The van der Waals surface area contributed by atoms with Crippen LogP contribution in [0.25, 0.3) is 0 Å². The van der Waals surface area contributed by atoms with E-state index in [2.05, 4.69) is 10.4 Å². The van der Waals surface area contributed by atoms with Crippen LogP contribution in [0.4, 0.5) is 0 Å². The van der Waals surface area contributed by atoms with Crippen LogP contribution in [-0.2, 0) is 16.1 Å². The maximum absolute atomic E-state index is 12.0. The number of carbonyl (C=O) groups excluding carboxylic acids is 2. The second kappa shape index (κ2) is 5.30. The van der Waals surface area contributed by atoms with E-state index in [1.807, 2.05) is 26.1 Å².